The van der Waals surface area contributed by atoms with Crippen molar-refractivity contribution in [3.63, 3.8) is 0 Å². The number of nitrogens with zero attached hydrogens (tertiary/aromatic N) is 1. The molecule has 0 N–H and O–H groups in total. The van der Waals surface area contributed by atoms with Crippen LogP contribution in [-0.2, 0) is 6.61 Å². The molecule has 0 saturated heterocycles. The Kier molecular flexibility index (Phi) is 4.24. The quantitative estimate of drug-likeness (QED) is 0.834. The van der Waals surface area contributed by atoms with Gasteiger partial charge in [0.2, 0.25) is 0 Å². The van der Waals surface area contributed by atoms with E-state index in [9.17, 15) is 0 Å². The summed E-state index contributed by atoms with van der Waals surface area (Å²) in [5.74, 6) is 0.924. The minimum atomic E-state index is 0.509. The second-order valence-corrected chi connectivity index (χ2v) is 5.38. The average molecular weight is 316 g/mol. The summed E-state index contributed by atoms with van der Waals surface area (Å²) in [6, 6.07) is 13.6. The second-order valence-electron chi connectivity index (χ2n) is 4.47. The third-order valence-electron chi connectivity index (χ3n) is 2.89. The van der Waals surface area contributed by atoms with Crippen LogP contribution in [-0.4, -0.2) is 0 Å². The van der Waals surface area contributed by atoms with Gasteiger partial charge in [0.1, 0.15) is 12.4 Å². The van der Waals surface area contributed by atoms with E-state index in [0.717, 1.165) is 26.9 Å². The lowest BCUT2D eigenvalue weighted by Crippen LogP contribution is -1.99. The zero-order chi connectivity index (χ0) is 13.8. The number of halogens is 1. The normalized spacial score (nSPS) is 10.0. The van der Waals surface area contributed by atoms with Gasteiger partial charge in [0.15, 0.2) is 0 Å². The van der Waals surface area contributed by atoms with Crippen molar-refractivity contribution < 1.29 is 4.74 Å². The maximum absolute atomic E-state index is 8.75. The zero-order valence-corrected chi connectivity index (χ0v) is 12.5. The molecule has 0 saturated carbocycles. The van der Waals surface area contributed by atoms with Gasteiger partial charge in [0, 0.05) is 4.47 Å². The van der Waals surface area contributed by atoms with E-state index in [1.165, 1.54) is 0 Å². The van der Waals surface area contributed by atoms with E-state index in [-0.39, 0.29) is 0 Å². The highest BCUT2D eigenvalue weighted by molar-refractivity contribution is 9.10. The van der Waals surface area contributed by atoms with Crippen molar-refractivity contribution in [3.05, 3.63) is 63.1 Å². The van der Waals surface area contributed by atoms with Gasteiger partial charge in [-0.3, -0.25) is 0 Å². The molecule has 0 heterocycles. The third kappa shape index (κ3) is 3.36. The Bertz CT molecular complexity index is 603. The molecule has 0 amide bonds. The summed E-state index contributed by atoms with van der Waals surface area (Å²) in [5.41, 5.74) is 3.95. The summed E-state index contributed by atoms with van der Waals surface area (Å²) in [6.45, 7) is 4.58. The van der Waals surface area contributed by atoms with Crippen LogP contribution in [0.4, 0.5) is 0 Å². The minimum Gasteiger partial charge on any atom is -0.488 e. The largest absolute Gasteiger partial charge is 0.488 e. The Morgan fingerprint density at radius 2 is 1.68 bits per heavy atom. The number of aryl methyl sites for hydroxylation is 2. The fourth-order valence-corrected chi connectivity index (χ4v) is 2.64. The Labute approximate surface area is 121 Å². The van der Waals surface area contributed by atoms with Crippen LogP contribution in [0.1, 0.15) is 22.3 Å². The first kappa shape index (κ1) is 13.6. The van der Waals surface area contributed by atoms with E-state index in [1.807, 2.05) is 38.1 Å². The molecule has 0 radical (unpaired) electrons. The molecule has 0 aliphatic rings. The molecule has 0 bridgehead atoms. The molecule has 0 fully saturated rings. The summed E-state index contributed by atoms with van der Waals surface area (Å²) in [4.78, 5) is 0. The lowest BCUT2D eigenvalue weighted by atomic mass is 10.1. The van der Waals surface area contributed by atoms with E-state index in [2.05, 4.69) is 22.0 Å². The van der Waals surface area contributed by atoms with Crippen molar-refractivity contribution in [3.8, 4) is 11.8 Å². The van der Waals surface area contributed by atoms with Crippen LogP contribution in [0.3, 0.4) is 0 Å². The monoisotopic (exact) mass is 315 g/mol. The smallest absolute Gasteiger partial charge is 0.125 e. The fourth-order valence-electron chi connectivity index (χ4n) is 1.96. The number of benzene rings is 2. The van der Waals surface area contributed by atoms with Crippen molar-refractivity contribution >= 4 is 15.9 Å². The lowest BCUT2D eigenvalue weighted by molar-refractivity contribution is 0.302. The molecule has 2 nitrogen and oxygen atoms in total. The van der Waals surface area contributed by atoms with Crippen LogP contribution in [0.25, 0.3) is 0 Å². The van der Waals surface area contributed by atoms with E-state index in [0.29, 0.717) is 12.2 Å². The molecular formula is C16H14BrNO. The Hall–Kier alpha value is -1.79. The summed E-state index contributed by atoms with van der Waals surface area (Å²) in [7, 11) is 0. The van der Waals surface area contributed by atoms with Crippen molar-refractivity contribution in [1.82, 2.24) is 0 Å². The Balaban J connectivity index is 2.12. The van der Waals surface area contributed by atoms with Gasteiger partial charge >= 0.3 is 0 Å². The van der Waals surface area contributed by atoms with Gasteiger partial charge in [-0.15, -0.1) is 0 Å². The van der Waals surface area contributed by atoms with Crippen molar-refractivity contribution in [2.45, 2.75) is 20.5 Å². The number of ether oxygens (including phenoxy) is 1. The van der Waals surface area contributed by atoms with Gasteiger partial charge in [0.25, 0.3) is 0 Å². The number of rotatable bonds is 3. The Morgan fingerprint density at radius 1 is 1.11 bits per heavy atom. The van der Waals surface area contributed by atoms with Crippen molar-refractivity contribution in [2.24, 2.45) is 0 Å². The average Bonchev–Trinajstić information content (AvgIpc) is 2.38. The first-order valence-electron chi connectivity index (χ1n) is 5.99. The van der Waals surface area contributed by atoms with E-state index < -0.39 is 0 Å². The van der Waals surface area contributed by atoms with Gasteiger partial charge in [-0.05, 0) is 54.8 Å². The molecule has 19 heavy (non-hydrogen) atoms. The van der Waals surface area contributed by atoms with Gasteiger partial charge in [-0.1, -0.05) is 28.1 Å². The molecule has 2 aromatic rings. The highest BCUT2D eigenvalue weighted by Crippen LogP contribution is 2.28. The van der Waals surface area contributed by atoms with Gasteiger partial charge in [0.05, 0.1) is 11.6 Å². The lowest BCUT2D eigenvalue weighted by Gasteiger charge is -2.12. The molecule has 0 aromatic heterocycles. The van der Waals surface area contributed by atoms with Crippen molar-refractivity contribution in [2.75, 3.05) is 0 Å². The molecule has 96 valence electrons. The molecule has 2 aromatic carbocycles. The molecule has 0 unspecified atom stereocenters. The van der Waals surface area contributed by atoms with Gasteiger partial charge in [-0.25, -0.2) is 0 Å². The molecule has 0 aliphatic heterocycles. The predicted octanol–water partition coefficient (Wildman–Crippen LogP) is 4.52. The van der Waals surface area contributed by atoms with Gasteiger partial charge in [-0.2, -0.15) is 5.26 Å². The van der Waals surface area contributed by atoms with Crippen molar-refractivity contribution in [1.29, 1.82) is 5.26 Å². The van der Waals surface area contributed by atoms with E-state index in [4.69, 9.17) is 10.00 Å². The fraction of sp³-hybridized carbons (Fsp3) is 0.188. The molecule has 0 aliphatic carbocycles. The maximum Gasteiger partial charge on any atom is 0.125 e. The predicted molar refractivity (Wildman–Crippen MR) is 79.1 cm³/mol. The van der Waals surface area contributed by atoms with Crippen LogP contribution < -0.4 is 4.74 Å². The molecule has 3 heteroatoms. The summed E-state index contributed by atoms with van der Waals surface area (Å²) < 4.78 is 6.94. The number of hydrogen-bond acceptors (Lipinski definition) is 2. The van der Waals surface area contributed by atoms with Crippen LogP contribution in [0.5, 0.6) is 5.75 Å². The third-order valence-corrected chi connectivity index (χ3v) is 3.35. The first-order chi connectivity index (χ1) is 9.10. The second kappa shape index (κ2) is 5.90. The minimum absolute atomic E-state index is 0.509. The highest BCUT2D eigenvalue weighted by Gasteiger charge is 2.06. The van der Waals surface area contributed by atoms with Crippen LogP contribution >= 0.6 is 15.9 Å². The van der Waals surface area contributed by atoms with Crippen LogP contribution in [0.2, 0.25) is 0 Å². The SMILES string of the molecule is Cc1cc(Br)cc(C)c1OCc1ccc(C#N)cc1. The standard InChI is InChI=1S/C16H14BrNO/c1-11-7-15(17)8-12(2)16(11)19-10-14-5-3-13(9-18)4-6-14/h3-8H,10H2,1-2H3. The van der Waals surface area contributed by atoms with Crippen LogP contribution in [0.15, 0.2) is 40.9 Å². The molecule has 0 atom stereocenters. The molecule has 2 rings (SSSR count). The Morgan fingerprint density at radius 3 is 2.21 bits per heavy atom. The summed E-state index contributed by atoms with van der Waals surface area (Å²) in [5, 5.41) is 8.75. The highest BCUT2D eigenvalue weighted by atomic mass is 79.9. The molecule has 0 spiro atoms. The van der Waals surface area contributed by atoms with E-state index in [1.54, 1.807) is 12.1 Å². The van der Waals surface area contributed by atoms with Gasteiger partial charge < -0.3 is 4.74 Å². The maximum atomic E-state index is 8.75. The zero-order valence-electron chi connectivity index (χ0n) is 10.9. The summed E-state index contributed by atoms with van der Waals surface area (Å²) in [6.07, 6.45) is 0. The first-order valence-corrected chi connectivity index (χ1v) is 6.78. The number of hydrogen-bond donors (Lipinski definition) is 0. The number of nitriles is 1. The van der Waals surface area contributed by atoms with E-state index >= 15 is 0 Å². The summed E-state index contributed by atoms with van der Waals surface area (Å²) >= 11 is 3.47. The molecular weight excluding hydrogens is 302 g/mol. The topological polar surface area (TPSA) is 33.0 Å². The van der Waals surface area contributed by atoms with Crippen LogP contribution in [0, 0.1) is 25.2 Å².